The van der Waals surface area contributed by atoms with Gasteiger partial charge < -0.3 is 18.6 Å². The van der Waals surface area contributed by atoms with E-state index in [1.54, 1.807) is 56.7 Å². The minimum absolute atomic E-state index is 0.0326. The number of carbonyl (C=O) groups is 1. The molecule has 0 aliphatic heterocycles. The second-order valence-corrected chi connectivity index (χ2v) is 6.54. The van der Waals surface area contributed by atoms with Crippen molar-refractivity contribution in [1.82, 2.24) is 10.2 Å². The third-order valence-electron chi connectivity index (χ3n) is 3.86. The molecule has 7 nitrogen and oxygen atoms in total. The Bertz CT molecular complexity index is 940. The SMILES string of the molecule is CCOc1ccc(C(=O)CSc2nnc(-c3ccc(OC)cc3OC)o2)cc1. The van der Waals surface area contributed by atoms with Crippen LogP contribution in [0.1, 0.15) is 17.3 Å². The topological polar surface area (TPSA) is 83.7 Å². The quantitative estimate of drug-likeness (QED) is 0.392. The zero-order valence-corrected chi connectivity index (χ0v) is 16.6. The predicted molar refractivity (Wildman–Crippen MR) is 106 cm³/mol. The van der Waals surface area contributed by atoms with Crippen molar-refractivity contribution in [1.29, 1.82) is 0 Å². The Morgan fingerprint density at radius 1 is 1.04 bits per heavy atom. The van der Waals surface area contributed by atoms with Crippen LogP contribution in [0.2, 0.25) is 0 Å². The molecule has 0 spiro atoms. The van der Waals surface area contributed by atoms with Crippen molar-refractivity contribution in [3.8, 4) is 28.7 Å². The third-order valence-corrected chi connectivity index (χ3v) is 4.68. The molecule has 2 aromatic carbocycles. The highest BCUT2D eigenvalue weighted by Crippen LogP contribution is 2.33. The fraction of sp³-hybridized carbons (Fsp3) is 0.250. The van der Waals surface area contributed by atoms with Gasteiger partial charge in [0.25, 0.3) is 11.1 Å². The molecule has 8 heteroatoms. The van der Waals surface area contributed by atoms with E-state index in [2.05, 4.69) is 10.2 Å². The average molecular weight is 400 g/mol. The van der Waals surface area contributed by atoms with E-state index in [0.717, 1.165) is 5.75 Å². The first kappa shape index (κ1) is 19.8. The molecule has 0 aliphatic carbocycles. The smallest absolute Gasteiger partial charge is 0.277 e. The number of aromatic nitrogens is 2. The van der Waals surface area contributed by atoms with E-state index in [4.69, 9.17) is 18.6 Å². The van der Waals surface area contributed by atoms with Crippen molar-refractivity contribution in [2.45, 2.75) is 12.1 Å². The van der Waals surface area contributed by atoms with Crippen molar-refractivity contribution < 1.29 is 23.4 Å². The molecule has 146 valence electrons. The molecule has 0 unspecified atom stereocenters. The highest BCUT2D eigenvalue weighted by molar-refractivity contribution is 7.99. The fourth-order valence-corrected chi connectivity index (χ4v) is 3.12. The summed E-state index contributed by atoms with van der Waals surface area (Å²) in [7, 11) is 3.14. The Morgan fingerprint density at radius 2 is 1.79 bits per heavy atom. The number of hydrogen-bond donors (Lipinski definition) is 0. The summed E-state index contributed by atoms with van der Waals surface area (Å²) in [6.45, 7) is 2.50. The lowest BCUT2D eigenvalue weighted by Crippen LogP contribution is -2.02. The summed E-state index contributed by atoms with van der Waals surface area (Å²) >= 11 is 1.19. The molecular weight excluding hydrogens is 380 g/mol. The highest BCUT2D eigenvalue weighted by atomic mass is 32.2. The summed E-state index contributed by atoms with van der Waals surface area (Å²) in [4.78, 5) is 12.3. The first-order valence-electron chi connectivity index (χ1n) is 8.59. The summed E-state index contributed by atoms with van der Waals surface area (Å²) in [6, 6.07) is 12.4. The zero-order chi connectivity index (χ0) is 19.9. The van der Waals surface area contributed by atoms with Crippen molar-refractivity contribution in [3.63, 3.8) is 0 Å². The normalized spacial score (nSPS) is 10.5. The summed E-state index contributed by atoms with van der Waals surface area (Å²) in [5.41, 5.74) is 1.26. The van der Waals surface area contributed by atoms with Crippen LogP contribution in [0.4, 0.5) is 0 Å². The number of ether oxygens (including phenoxy) is 3. The van der Waals surface area contributed by atoms with Crippen LogP contribution < -0.4 is 14.2 Å². The first-order chi connectivity index (χ1) is 13.6. The van der Waals surface area contributed by atoms with E-state index in [0.29, 0.717) is 40.3 Å². The van der Waals surface area contributed by atoms with Crippen molar-refractivity contribution >= 4 is 17.5 Å². The van der Waals surface area contributed by atoms with Crippen molar-refractivity contribution in [2.75, 3.05) is 26.6 Å². The van der Waals surface area contributed by atoms with Crippen LogP contribution in [-0.2, 0) is 0 Å². The van der Waals surface area contributed by atoms with Gasteiger partial charge in [-0.25, -0.2) is 0 Å². The molecule has 28 heavy (non-hydrogen) atoms. The molecule has 0 aliphatic rings. The van der Waals surface area contributed by atoms with Gasteiger partial charge in [-0.15, -0.1) is 10.2 Å². The molecule has 1 heterocycles. The Morgan fingerprint density at radius 3 is 2.46 bits per heavy atom. The number of rotatable bonds is 9. The Hall–Kier alpha value is -3.00. The van der Waals surface area contributed by atoms with Gasteiger partial charge in [-0.1, -0.05) is 11.8 Å². The monoisotopic (exact) mass is 400 g/mol. The minimum Gasteiger partial charge on any atom is -0.497 e. The molecule has 0 saturated carbocycles. The molecule has 0 radical (unpaired) electrons. The van der Waals surface area contributed by atoms with Crippen LogP contribution in [0.15, 0.2) is 52.1 Å². The van der Waals surface area contributed by atoms with Crippen molar-refractivity contribution in [3.05, 3.63) is 48.0 Å². The van der Waals surface area contributed by atoms with Gasteiger partial charge in [0.05, 0.1) is 32.1 Å². The first-order valence-corrected chi connectivity index (χ1v) is 9.58. The lowest BCUT2D eigenvalue weighted by atomic mass is 10.1. The zero-order valence-electron chi connectivity index (χ0n) is 15.8. The molecule has 0 N–H and O–H groups in total. The number of hydrogen-bond acceptors (Lipinski definition) is 8. The van der Waals surface area contributed by atoms with Gasteiger partial charge in [0.1, 0.15) is 17.2 Å². The van der Waals surface area contributed by atoms with E-state index in [1.165, 1.54) is 11.8 Å². The van der Waals surface area contributed by atoms with Crippen LogP contribution in [0, 0.1) is 0 Å². The standard InChI is InChI=1S/C20H20N2O5S/c1-4-26-14-7-5-13(6-8-14)17(23)12-28-20-22-21-19(27-20)16-10-9-15(24-2)11-18(16)25-3/h5-11H,4,12H2,1-3H3. The van der Waals surface area contributed by atoms with E-state index >= 15 is 0 Å². The molecule has 3 aromatic rings. The summed E-state index contributed by atoms with van der Waals surface area (Å²) in [5.74, 6) is 2.43. The van der Waals surface area contributed by atoms with Gasteiger partial charge in [0, 0.05) is 11.6 Å². The van der Waals surface area contributed by atoms with Gasteiger partial charge >= 0.3 is 0 Å². The summed E-state index contributed by atoms with van der Waals surface area (Å²) in [6.07, 6.45) is 0. The van der Waals surface area contributed by atoms with Gasteiger partial charge in [0.15, 0.2) is 5.78 Å². The number of carbonyl (C=O) groups excluding carboxylic acids is 1. The predicted octanol–water partition coefficient (Wildman–Crippen LogP) is 4.13. The number of methoxy groups -OCH3 is 2. The van der Waals surface area contributed by atoms with Crippen LogP contribution in [0.25, 0.3) is 11.5 Å². The maximum absolute atomic E-state index is 12.3. The molecule has 1 aromatic heterocycles. The second-order valence-electron chi connectivity index (χ2n) is 5.61. The fourth-order valence-electron chi connectivity index (χ4n) is 2.47. The molecule has 0 bridgehead atoms. The maximum Gasteiger partial charge on any atom is 0.277 e. The lowest BCUT2D eigenvalue weighted by Gasteiger charge is -2.07. The number of benzene rings is 2. The van der Waals surface area contributed by atoms with E-state index in [1.807, 2.05) is 6.92 Å². The number of Topliss-reactive ketones (excluding diaryl/α,β-unsaturated/α-hetero) is 1. The van der Waals surface area contributed by atoms with E-state index < -0.39 is 0 Å². The van der Waals surface area contributed by atoms with Crippen molar-refractivity contribution in [2.24, 2.45) is 0 Å². The molecule has 3 rings (SSSR count). The van der Waals surface area contributed by atoms with Crippen LogP contribution in [0.5, 0.6) is 17.2 Å². The molecule has 0 saturated heterocycles. The minimum atomic E-state index is -0.0326. The van der Waals surface area contributed by atoms with E-state index in [-0.39, 0.29) is 11.5 Å². The Balaban J connectivity index is 1.65. The summed E-state index contributed by atoms with van der Waals surface area (Å²) in [5, 5.41) is 8.36. The Labute approximate surface area is 167 Å². The molecular formula is C20H20N2O5S. The number of ketones is 1. The van der Waals surface area contributed by atoms with Gasteiger partial charge in [-0.05, 0) is 43.3 Å². The van der Waals surface area contributed by atoms with Gasteiger partial charge in [-0.2, -0.15) is 0 Å². The van der Waals surface area contributed by atoms with E-state index in [9.17, 15) is 4.79 Å². The third kappa shape index (κ3) is 4.64. The maximum atomic E-state index is 12.3. The van der Waals surface area contributed by atoms with Gasteiger partial charge in [-0.3, -0.25) is 4.79 Å². The highest BCUT2D eigenvalue weighted by Gasteiger charge is 2.16. The summed E-state index contributed by atoms with van der Waals surface area (Å²) < 4.78 is 21.6. The average Bonchev–Trinajstić information content (AvgIpc) is 3.21. The van der Waals surface area contributed by atoms with Gasteiger partial charge in [0.2, 0.25) is 0 Å². The van der Waals surface area contributed by atoms with Crippen LogP contribution in [-0.4, -0.2) is 42.6 Å². The molecule has 0 fully saturated rings. The number of thioether (sulfide) groups is 1. The largest absolute Gasteiger partial charge is 0.497 e. The molecule has 0 amide bonds. The lowest BCUT2D eigenvalue weighted by molar-refractivity contribution is 0.102. The molecule has 0 atom stereocenters. The second kappa shape index (κ2) is 9.27. The Kier molecular flexibility index (Phi) is 6.54. The van der Waals surface area contributed by atoms with Crippen LogP contribution >= 0.6 is 11.8 Å². The van der Waals surface area contributed by atoms with Crippen LogP contribution in [0.3, 0.4) is 0 Å². The number of nitrogens with zero attached hydrogens (tertiary/aromatic N) is 2.